The summed E-state index contributed by atoms with van der Waals surface area (Å²) in [5.41, 5.74) is 0. The van der Waals surface area contributed by atoms with E-state index in [-0.39, 0.29) is 11.7 Å². The summed E-state index contributed by atoms with van der Waals surface area (Å²) in [7, 11) is 0. The van der Waals surface area contributed by atoms with E-state index in [4.69, 9.17) is 0 Å². The van der Waals surface area contributed by atoms with E-state index in [0.717, 1.165) is 45.2 Å². The van der Waals surface area contributed by atoms with Crippen LogP contribution in [0.25, 0.3) is 0 Å². The van der Waals surface area contributed by atoms with Crippen LogP contribution in [0.2, 0.25) is 0 Å². The van der Waals surface area contributed by atoms with Gasteiger partial charge in [0, 0.05) is 39.3 Å². The van der Waals surface area contributed by atoms with Gasteiger partial charge in [0.1, 0.15) is 11.6 Å². The molecule has 25 heavy (non-hydrogen) atoms. The minimum absolute atomic E-state index is 0.178. The van der Waals surface area contributed by atoms with E-state index in [2.05, 4.69) is 14.6 Å². The molecule has 0 saturated carbocycles. The number of alkyl halides is 3. The molecule has 6 nitrogen and oxygen atoms in total. The van der Waals surface area contributed by atoms with Gasteiger partial charge < -0.3 is 14.5 Å². The van der Waals surface area contributed by atoms with Gasteiger partial charge in [0.25, 0.3) is 0 Å². The summed E-state index contributed by atoms with van der Waals surface area (Å²) in [5, 5.41) is 0. The number of amides is 1. The second kappa shape index (κ2) is 7.47. The van der Waals surface area contributed by atoms with Crippen LogP contribution in [-0.2, 0) is 4.79 Å². The van der Waals surface area contributed by atoms with Crippen LogP contribution in [-0.4, -0.2) is 72.9 Å². The maximum atomic E-state index is 12.2. The number of anilines is 1. The third kappa shape index (κ3) is 4.97. The lowest BCUT2D eigenvalue weighted by Gasteiger charge is -2.35. The van der Waals surface area contributed by atoms with Crippen molar-refractivity contribution >= 4 is 11.7 Å². The Labute approximate surface area is 144 Å². The maximum Gasteiger partial charge on any atom is 0.573 e. The Morgan fingerprint density at radius 3 is 2.32 bits per heavy atom. The van der Waals surface area contributed by atoms with Gasteiger partial charge in [-0.15, -0.1) is 13.2 Å². The second-order valence-electron chi connectivity index (χ2n) is 6.25. The number of piperazine rings is 1. The number of carbonyl (C=O) groups is 1. The molecule has 1 aromatic heterocycles. The predicted octanol–water partition coefficient (Wildman–Crippen LogP) is 1.72. The molecule has 2 aliphatic heterocycles. The second-order valence-corrected chi connectivity index (χ2v) is 6.25. The Hall–Kier alpha value is -2.03. The van der Waals surface area contributed by atoms with Crippen LogP contribution in [0, 0.1) is 0 Å². The van der Waals surface area contributed by atoms with E-state index in [1.54, 1.807) is 0 Å². The standard InChI is InChI=1S/C16H21F3N4O2/c17-16(18,19)25-13-3-4-14(20-11-13)22-9-7-21(8-10-22)12-15(24)23-5-1-2-6-23/h3-4,11H,1-2,5-10,12H2. The molecular formula is C16H21F3N4O2. The summed E-state index contributed by atoms with van der Waals surface area (Å²) >= 11 is 0. The lowest BCUT2D eigenvalue weighted by atomic mass is 10.3. The van der Waals surface area contributed by atoms with Gasteiger partial charge in [0.05, 0.1) is 12.7 Å². The molecule has 2 aliphatic rings. The average molecular weight is 358 g/mol. The van der Waals surface area contributed by atoms with Crippen LogP contribution in [0.3, 0.4) is 0 Å². The van der Waals surface area contributed by atoms with Crippen LogP contribution >= 0.6 is 0 Å². The molecule has 0 aromatic carbocycles. The number of carbonyl (C=O) groups excluding carboxylic acids is 1. The zero-order valence-electron chi connectivity index (χ0n) is 13.8. The smallest absolute Gasteiger partial charge is 0.404 e. The minimum atomic E-state index is -4.71. The highest BCUT2D eigenvalue weighted by Gasteiger charge is 2.31. The van der Waals surface area contributed by atoms with Gasteiger partial charge in [-0.1, -0.05) is 0 Å². The molecule has 0 atom stereocenters. The molecule has 3 rings (SSSR count). The van der Waals surface area contributed by atoms with Gasteiger partial charge in [-0.3, -0.25) is 9.69 Å². The Bertz CT molecular complexity index is 580. The van der Waals surface area contributed by atoms with Crippen molar-refractivity contribution in [3.8, 4) is 5.75 Å². The van der Waals surface area contributed by atoms with E-state index in [9.17, 15) is 18.0 Å². The van der Waals surface area contributed by atoms with E-state index in [0.29, 0.717) is 25.5 Å². The molecule has 0 N–H and O–H groups in total. The van der Waals surface area contributed by atoms with Crippen molar-refractivity contribution in [2.45, 2.75) is 19.2 Å². The molecule has 0 unspecified atom stereocenters. The highest BCUT2D eigenvalue weighted by Crippen LogP contribution is 2.24. The van der Waals surface area contributed by atoms with Gasteiger partial charge in [-0.25, -0.2) is 4.98 Å². The fourth-order valence-corrected chi connectivity index (χ4v) is 3.15. The Balaban J connectivity index is 1.47. The number of hydrogen-bond donors (Lipinski definition) is 0. The highest BCUT2D eigenvalue weighted by molar-refractivity contribution is 5.78. The van der Waals surface area contributed by atoms with Crippen LogP contribution in [0.5, 0.6) is 5.75 Å². The van der Waals surface area contributed by atoms with Crippen LogP contribution in [0.4, 0.5) is 19.0 Å². The van der Waals surface area contributed by atoms with Crippen LogP contribution < -0.4 is 9.64 Å². The predicted molar refractivity (Wildman–Crippen MR) is 85.4 cm³/mol. The summed E-state index contributed by atoms with van der Waals surface area (Å²) in [4.78, 5) is 22.2. The number of nitrogens with zero attached hydrogens (tertiary/aromatic N) is 4. The van der Waals surface area contributed by atoms with E-state index in [1.807, 2.05) is 9.80 Å². The summed E-state index contributed by atoms with van der Waals surface area (Å²) in [6.07, 6.45) is -1.47. The molecule has 2 saturated heterocycles. The topological polar surface area (TPSA) is 48.9 Å². The molecule has 1 aromatic rings. The molecule has 0 aliphatic carbocycles. The third-order valence-corrected chi connectivity index (χ3v) is 4.47. The van der Waals surface area contributed by atoms with Gasteiger partial charge >= 0.3 is 6.36 Å². The van der Waals surface area contributed by atoms with Crippen molar-refractivity contribution in [2.24, 2.45) is 0 Å². The monoisotopic (exact) mass is 358 g/mol. The first-order chi connectivity index (χ1) is 11.9. The first kappa shape index (κ1) is 17.8. The van der Waals surface area contributed by atoms with E-state index in [1.165, 1.54) is 12.1 Å². The first-order valence-electron chi connectivity index (χ1n) is 8.37. The van der Waals surface area contributed by atoms with E-state index < -0.39 is 6.36 Å². The highest BCUT2D eigenvalue weighted by atomic mass is 19.4. The molecule has 2 fully saturated rings. The number of halogens is 3. The van der Waals surface area contributed by atoms with Crippen molar-refractivity contribution in [3.63, 3.8) is 0 Å². The molecule has 0 bridgehead atoms. The van der Waals surface area contributed by atoms with Crippen molar-refractivity contribution in [2.75, 3.05) is 50.7 Å². The number of ether oxygens (including phenoxy) is 1. The minimum Gasteiger partial charge on any atom is -0.404 e. The Kier molecular flexibility index (Phi) is 5.31. The zero-order chi connectivity index (χ0) is 17.9. The zero-order valence-corrected chi connectivity index (χ0v) is 13.8. The number of likely N-dealkylation sites (tertiary alicyclic amines) is 1. The largest absolute Gasteiger partial charge is 0.573 e. The summed E-state index contributed by atoms with van der Waals surface area (Å²) in [5.74, 6) is 0.462. The number of pyridine rings is 1. The summed E-state index contributed by atoms with van der Waals surface area (Å²) in [6.45, 7) is 4.95. The molecule has 0 spiro atoms. The van der Waals surface area contributed by atoms with Gasteiger partial charge in [-0.2, -0.15) is 0 Å². The molecule has 3 heterocycles. The SMILES string of the molecule is O=C(CN1CCN(c2ccc(OC(F)(F)F)cn2)CC1)N1CCCC1. The summed E-state index contributed by atoms with van der Waals surface area (Å²) < 4.78 is 40.3. The Morgan fingerprint density at radius 2 is 1.76 bits per heavy atom. The average Bonchev–Trinajstić information content (AvgIpc) is 3.09. The van der Waals surface area contributed by atoms with Crippen molar-refractivity contribution < 1.29 is 22.7 Å². The Morgan fingerprint density at radius 1 is 1.08 bits per heavy atom. The maximum absolute atomic E-state index is 12.2. The third-order valence-electron chi connectivity index (χ3n) is 4.47. The van der Waals surface area contributed by atoms with Gasteiger partial charge in [0.15, 0.2) is 0 Å². The fraction of sp³-hybridized carbons (Fsp3) is 0.625. The molecule has 1 amide bonds. The lowest BCUT2D eigenvalue weighted by Crippen LogP contribution is -2.50. The van der Waals surface area contributed by atoms with Crippen LogP contribution in [0.15, 0.2) is 18.3 Å². The van der Waals surface area contributed by atoms with Crippen LogP contribution in [0.1, 0.15) is 12.8 Å². The van der Waals surface area contributed by atoms with Crippen molar-refractivity contribution in [3.05, 3.63) is 18.3 Å². The first-order valence-corrected chi connectivity index (χ1v) is 8.37. The molecular weight excluding hydrogens is 337 g/mol. The molecule has 0 radical (unpaired) electrons. The lowest BCUT2D eigenvalue weighted by molar-refractivity contribution is -0.274. The summed E-state index contributed by atoms with van der Waals surface area (Å²) in [6, 6.07) is 2.78. The number of hydrogen-bond acceptors (Lipinski definition) is 5. The van der Waals surface area contributed by atoms with Gasteiger partial charge in [0.2, 0.25) is 5.91 Å². The molecule has 138 valence electrons. The van der Waals surface area contributed by atoms with E-state index >= 15 is 0 Å². The quantitative estimate of drug-likeness (QED) is 0.820. The normalized spacial score (nSPS) is 19.3. The number of aromatic nitrogens is 1. The number of rotatable bonds is 4. The molecule has 9 heteroatoms. The van der Waals surface area contributed by atoms with Gasteiger partial charge in [-0.05, 0) is 25.0 Å². The fourth-order valence-electron chi connectivity index (χ4n) is 3.15. The van der Waals surface area contributed by atoms with Crippen molar-refractivity contribution in [1.29, 1.82) is 0 Å². The van der Waals surface area contributed by atoms with Crippen molar-refractivity contribution in [1.82, 2.24) is 14.8 Å².